The zero-order chi connectivity index (χ0) is 22.1. The van der Waals surface area contributed by atoms with E-state index in [1.807, 2.05) is 24.3 Å². The van der Waals surface area contributed by atoms with Crippen LogP contribution in [0.4, 0.5) is 0 Å². The van der Waals surface area contributed by atoms with Gasteiger partial charge in [0, 0.05) is 29.1 Å². The molecule has 5 rings (SSSR count). The van der Waals surface area contributed by atoms with E-state index in [0.29, 0.717) is 47.7 Å². The number of aromatic nitrogens is 5. The molecular formula is C23H21ClN6O2. The minimum absolute atomic E-state index is 0.0285. The number of H-pyrrole nitrogens is 2. The molecule has 0 atom stereocenters. The van der Waals surface area contributed by atoms with E-state index in [0.717, 1.165) is 35.2 Å². The van der Waals surface area contributed by atoms with Crippen molar-refractivity contribution >= 4 is 34.3 Å². The van der Waals surface area contributed by atoms with Crippen LogP contribution >= 0.6 is 11.6 Å². The van der Waals surface area contributed by atoms with Gasteiger partial charge in [-0.1, -0.05) is 23.7 Å². The second-order valence-corrected chi connectivity index (χ2v) is 8.38. The molecule has 0 fully saturated rings. The number of nitrogens with one attached hydrogen (secondary N) is 2. The van der Waals surface area contributed by atoms with E-state index in [2.05, 4.69) is 25.6 Å². The summed E-state index contributed by atoms with van der Waals surface area (Å²) in [6.45, 7) is 0.929. The van der Waals surface area contributed by atoms with Gasteiger partial charge in [-0.25, -0.2) is 0 Å². The molecule has 0 radical (unpaired) electrons. The number of nitrogens with zero attached hydrogens (tertiary/aromatic N) is 4. The van der Waals surface area contributed by atoms with Crippen LogP contribution in [0.15, 0.2) is 42.5 Å². The highest BCUT2D eigenvalue weighted by Gasteiger charge is 2.28. The quantitative estimate of drug-likeness (QED) is 0.437. The largest absolute Gasteiger partial charge is 0.332 e. The Morgan fingerprint density at radius 3 is 2.81 bits per heavy atom. The number of carbonyl (C=O) groups is 2. The number of rotatable bonds is 6. The number of fused-ring (bicyclic) bond motifs is 2. The first kappa shape index (κ1) is 20.4. The molecule has 2 N–H and O–H groups in total. The Kier molecular flexibility index (Phi) is 5.45. The van der Waals surface area contributed by atoms with E-state index in [1.165, 1.54) is 0 Å². The zero-order valence-electron chi connectivity index (χ0n) is 17.3. The number of amides is 1. The van der Waals surface area contributed by atoms with Crippen LogP contribution in [0.1, 0.15) is 50.5 Å². The van der Waals surface area contributed by atoms with Crippen LogP contribution in [-0.4, -0.2) is 48.7 Å². The van der Waals surface area contributed by atoms with Crippen LogP contribution in [0, 0.1) is 0 Å². The number of halogens is 1. The van der Waals surface area contributed by atoms with Crippen molar-refractivity contribution < 1.29 is 9.59 Å². The number of Topliss-reactive ketones (excluding diaryl/α,β-unsaturated/α-hetero) is 1. The summed E-state index contributed by atoms with van der Waals surface area (Å²) in [5.74, 6) is -0.0506. The molecule has 4 aromatic rings. The van der Waals surface area contributed by atoms with Crippen LogP contribution in [0.2, 0.25) is 5.02 Å². The molecule has 162 valence electrons. The maximum Gasteiger partial charge on any atom is 0.254 e. The van der Waals surface area contributed by atoms with E-state index in [4.69, 9.17) is 11.6 Å². The summed E-state index contributed by atoms with van der Waals surface area (Å²) in [6.07, 6.45) is 2.54. The number of carbonyl (C=O) groups excluding carboxylic acids is 2. The lowest BCUT2D eigenvalue weighted by Crippen LogP contribution is -2.36. The van der Waals surface area contributed by atoms with Crippen molar-refractivity contribution in [3.8, 4) is 0 Å². The van der Waals surface area contributed by atoms with Crippen LogP contribution in [0.5, 0.6) is 0 Å². The number of benzene rings is 2. The number of hydrogen-bond acceptors (Lipinski definition) is 5. The van der Waals surface area contributed by atoms with Gasteiger partial charge in [-0.3, -0.25) is 14.7 Å². The van der Waals surface area contributed by atoms with Gasteiger partial charge in [0.15, 0.2) is 5.78 Å². The van der Waals surface area contributed by atoms with Crippen LogP contribution in [0.3, 0.4) is 0 Å². The van der Waals surface area contributed by atoms with Gasteiger partial charge in [0.25, 0.3) is 5.91 Å². The smallest absolute Gasteiger partial charge is 0.254 e. The molecule has 1 amide bonds. The molecule has 8 nitrogen and oxygen atoms in total. The van der Waals surface area contributed by atoms with Gasteiger partial charge >= 0.3 is 0 Å². The molecule has 0 aliphatic carbocycles. The van der Waals surface area contributed by atoms with Crippen molar-refractivity contribution in [1.82, 2.24) is 30.5 Å². The van der Waals surface area contributed by atoms with Gasteiger partial charge in [0.05, 0.1) is 12.2 Å². The highest BCUT2D eigenvalue weighted by atomic mass is 35.5. The topological polar surface area (TPSA) is 108 Å². The third kappa shape index (κ3) is 4.01. The Morgan fingerprint density at radius 1 is 1.06 bits per heavy atom. The molecule has 32 heavy (non-hydrogen) atoms. The highest BCUT2D eigenvalue weighted by molar-refractivity contribution is 6.30. The summed E-state index contributed by atoms with van der Waals surface area (Å²) in [4.78, 5) is 27.5. The van der Waals surface area contributed by atoms with Gasteiger partial charge in [-0.2, -0.15) is 20.5 Å². The van der Waals surface area contributed by atoms with Crippen molar-refractivity contribution in [3.63, 3.8) is 0 Å². The van der Waals surface area contributed by atoms with Crippen LogP contribution in [0.25, 0.3) is 11.0 Å². The van der Waals surface area contributed by atoms with E-state index < -0.39 is 0 Å². The van der Waals surface area contributed by atoms with Gasteiger partial charge in [-0.05, 0) is 55.2 Å². The number of ketones is 1. The van der Waals surface area contributed by atoms with Crippen molar-refractivity contribution in [1.29, 1.82) is 0 Å². The summed E-state index contributed by atoms with van der Waals surface area (Å²) in [7, 11) is 0. The number of aromatic amines is 2. The molecule has 3 heterocycles. The third-order valence-electron chi connectivity index (χ3n) is 5.81. The monoisotopic (exact) mass is 448 g/mol. The third-order valence-corrected chi connectivity index (χ3v) is 6.04. The summed E-state index contributed by atoms with van der Waals surface area (Å²) in [6, 6.07) is 13.0. The average Bonchev–Trinajstić information content (AvgIpc) is 3.44. The molecule has 9 heteroatoms. The zero-order valence-corrected chi connectivity index (χ0v) is 18.0. The maximum atomic E-state index is 13.0. The fourth-order valence-corrected chi connectivity index (χ4v) is 4.35. The number of hydrogen-bond donors (Lipinski definition) is 2. The second-order valence-electron chi connectivity index (χ2n) is 7.94. The van der Waals surface area contributed by atoms with Crippen LogP contribution < -0.4 is 0 Å². The van der Waals surface area contributed by atoms with Gasteiger partial charge in [0.2, 0.25) is 0 Å². The molecule has 0 saturated heterocycles. The van der Waals surface area contributed by atoms with Crippen molar-refractivity contribution in [3.05, 3.63) is 75.6 Å². The highest BCUT2D eigenvalue weighted by Crippen LogP contribution is 2.24. The van der Waals surface area contributed by atoms with Gasteiger partial charge < -0.3 is 4.90 Å². The van der Waals surface area contributed by atoms with Gasteiger partial charge in [-0.15, -0.1) is 0 Å². The Hall–Kier alpha value is -3.52. The lowest BCUT2D eigenvalue weighted by molar-refractivity contribution is 0.0732. The molecule has 0 saturated carbocycles. The molecule has 2 aromatic carbocycles. The first-order chi connectivity index (χ1) is 15.6. The summed E-state index contributed by atoms with van der Waals surface area (Å²) >= 11 is 6.02. The molecule has 2 aromatic heterocycles. The maximum absolute atomic E-state index is 13.0. The van der Waals surface area contributed by atoms with Crippen molar-refractivity contribution in [2.45, 2.75) is 32.2 Å². The van der Waals surface area contributed by atoms with E-state index >= 15 is 0 Å². The fraction of sp³-hybridized carbons (Fsp3) is 0.261. The second kappa shape index (κ2) is 8.55. The minimum Gasteiger partial charge on any atom is -0.332 e. The van der Waals surface area contributed by atoms with E-state index in [1.54, 1.807) is 23.1 Å². The van der Waals surface area contributed by atoms with E-state index in [9.17, 15) is 9.59 Å². The molecule has 0 bridgehead atoms. The minimum atomic E-state index is -0.0791. The Bertz CT molecular complexity index is 1310. The standard InChI is InChI=1S/C23H21ClN6O2/c24-16-5-1-3-14(11-16)4-2-6-21(31)22-17-9-10-30(13-20(17)25-28-22)23(32)15-7-8-18-19(12-15)27-29-26-18/h1,3,5,7-8,11-12H,2,4,6,9-10,13H2,(H,25,28)(H,26,27,29). The Balaban J connectivity index is 1.23. The lowest BCUT2D eigenvalue weighted by Gasteiger charge is -2.27. The number of aryl methyl sites for hydroxylation is 1. The van der Waals surface area contributed by atoms with Crippen molar-refractivity contribution in [2.24, 2.45) is 0 Å². The Labute approximate surface area is 189 Å². The SMILES string of the molecule is O=C(CCCc1cccc(Cl)c1)c1n[nH]c2c1CCN(C(=O)c1ccc3n[nH]nc3c1)C2. The fourth-order valence-electron chi connectivity index (χ4n) is 4.14. The Morgan fingerprint density at radius 2 is 1.94 bits per heavy atom. The molecule has 1 aliphatic heterocycles. The van der Waals surface area contributed by atoms with Crippen LogP contribution in [-0.2, 0) is 19.4 Å². The normalized spacial score (nSPS) is 13.3. The molecular weight excluding hydrogens is 428 g/mol. The summed E-state index contributed by atoms with van der Waals surface area (Å²) in [5, 5.41) is 18.6. The average molecular weight is 449 g/mol. The van der Waals surface area contributed by atoms with E-state index in [-0.39, 0.29) is 11.7 Å². The van der Waals surface area contributed by atoms with Gasteiger partial charge in [0.1, 0.15) is 16.7 Å². The first-order valence-corrected chi connectivity index (χ1v) is 10.9. The lowest BCUT2D eigenvalue weighted by atomic mass is 9.98. The molecule has 0 spiro atoms. The first-order valence-electron chi connectivity index (χ1n) is 10.5. The predicted octanol–water partition coefficient (Wildman–Crippen LogP) is 3.74. The van der Waals surface area contributed by atoms with Crippen molar-refractivity contribution in [2.75, 3.05) is 6.54 Å². The summed E-state index contributed by atoms with van der Waals surface area (Å²) in [5.41, 5.74) is 5.30. The molecule has 1 aliphatic rings. The molecule has 0 unspecified atom stereocenters. The predicted molar refractivity (Wildman–Crippen MR) is 120 cm³/mol. The summed E-state index contributed by atoms with van der Waals surface area (Å²) < 4.78 is 0.